The van der Waals surface area contributed by atoms with Crippen molar-refractivity contribution in [2.24, 2.45) is 0 Å². The van der Waals surface area contributed by atoms with E-state index in [2.05, 4.69) is 6.92 Å². The van der Waals surface area contributed by atoms with Gasteiger partial charge in [-0.3, -0.25) is 4.55 Å². The number of methoxy groups -OCH3 is 1. The summed E-state index contributed by atoms with van der Waals surface area (Å²) in [5, 5.41) is 0. The van der Waals surface area contributed by atoms with Crippen LogP contribution in [0.3, 0.4) is 0 Å². The molecule has 0 spiro atoms. The molecule has 0 saturated carbocycles. The largest absolute Gasteiger partial charge is 1.00 e. The van der Waals surface area contributed by atoms with Gasteiger partial charge in [0.2, 0.25) is 0 Å². The Bertz CT molecular complexity index is 260. The van der Waals surface area contributed by atoms with Crippen molar-refractivity contribution in [2.75, 3.05) is 12.9 Å². The third-order valence-corrected chi connectivity index (χ3v) is 3.45. The zero-order valence-corrected chi connectivity index (χ0v) is 15.3. The maximum absolute atomic E-state index is 10.5. The van der Waals surface area contributed by atoms with E-state index in [9.17, 15) is 8.42 Å². The van der Waals surface area contributed by atoms with Gasteiger partial charge in [0.15, 0.2) is 0 Å². The van der Waals surface area contributed by atoms with Crippen LogP contribution in [-0.2, 0) is 14.9 Å². The first-order chi connectivity index (χ1) is 7.49. The van der Waals surface area contributed by atoms with Crippen LogP contribution < -0.4 is 51.4 Å². The summed E-state index contributed by atoms with van der Waals surface area (Å²) >= 11 is 0. The fourth-order valence-electron chi connectivity index (χ4n) is 1.66. The average molecular weight is 292 g/mol. The first-order valence-corrected chi connectivity index (χ1v) is 7.58. The summed E-state index contributed by atoms with van der Waals surface area (Å²) in [6, 6.07) is 0. The Morgan fingerprint density at radius 2 is 1.71 bits per heavy atom. The molecule has 1 unspecified atom stereocenters. The average Bonchev–Trinajstić information content (AvgIpc) is 2.20. The Balaban J connectivity index is -0.00000112. The van der Waals surface area contributed by atoms with E-state index in [1.807, 2.05) is 0 Å². The van der Waals surface area contributed by atoms with Crippen molar-refractivity contribution in [3.8, 4) is 0 Å². The number of rotatable bonds is 10. The molecule has 6 heteroatoms. The van der Waals surface area contributed by atoms with Gasteiger partial charge in [0.25, 0.3) is 10.1 Å². The summed E-state index contributed by atoms with van der Waals surface area (Å²) in [6.07, 6.45) is 6.99. The minimum absolute atomic E-state index is 0. The first kappa shape index (κ1) is 20.8. The molecule has 100 valence electrons. The van der Waals surface area contributed by atoms with Crippen molar-refractivity contribution in [1.29, 1.82) is 0 Å². The van der Waals surface area contributed by atoms with Crippen molar-refractivity contribution in [2.45, 2.75) is 58.0 Å². The molecule has 0 amide bonds. The van der Waals surface area contributed by atoms with Crippen molar-refractivity contribution in [3.05, 3.63) is 0 Å². The topological polar surface area (TPSA) is 63.6 Å². The van der Waals surface area contributed by atoms with Crippen LogP contribution in [0.2, 0.25) is 0 Å². The minimum atomic E-state index is -3.79. The molecular formula is C11H25KO4S. The van der Waals surface area contributed by atoms with Gasteiger partial charge in [0.1, 0.15) is 0 Å². The molecule has 0 saturated heterocycles. The van der Waals surface area contributed by atoms with Gasteiger partial charge in [-0.2, -0.15) is 8.42 Å². The predicted octanol–water partition coefficient (Wildman–Crippen LogP) is -0.244. The van der Waals surface area contributed by atoms with E-state index in [-0.39, 0.29) is 64.7 Å². The zero-order valence-electron chi connectivity index (χ0n) is 12.3. The molecule has 0 rings (SSSR count). The van der Waals surface area contributed by atoms with E-state index in [4.69, 9.17) is 9.29 Å². The maximum atomic E-state index is 10.5. The Morgan fingerprint density at radius 3 is 2.12 bits per heavy atom. The van der Waals surface area contributed by atoms with Gasteiger partial charge in [-0.15, -0.1) is 0 Å². The molecule has 0 bridgehead atoms. The molecule has 4 nitrogen and oxygen atoms in total. The van der Waals surface area contributed by atoms with Gasteiger partial charge in [-0.25, -0.2) is 0 Å². The molecule has 0 heterocycles. The molecule has 1 N–H and O–H groups in total. The first-order valence-electron chi connectivity index (χ1n) is 5.97. The van der Waals surface area contributed by atoms with Crippen molar-refractivity contribution in [1.82, 2.24) is 0 Å². The summed E-state index contributed by atoms with van der Waals surface area (Å²) in [6.45, 7) is 2.16. The van der Waals surface area contributed by atoms with Crippen LogP contribution in [0.15, 0.2) is 0 Å². The van der Waals surface area contributed by atoms with Gasteiger partial charge in [0.05, 0.1) is 11.9 Å². The van der Waals surface area contributed by atoms with Crippen molar-refractivity contribution < 1.29 is 70.5 Å². The maximum Gasteiger partial charge on any atom is 1.00 e. The Hall–Kier alpha value is 1.51. The zero-order chi connectivity index (χ0) is 12.4. The van der Waals surface area contributed by atoms with Crippen LogP contribution in [0.5, 0.6) is 0 Å². The smallest absolute Gasteiger partial charge is 1.00 e. The molecule has 0 aromatic carbocycles. The fraction of sp³-hybridized carbons (Fsp3) is 1.00. The van der Waals surface area contributed by atoms with Gasteiger partial charge >= 0.3 is 51.4 Å². The molecule has 0 aromatic heterocycles. The summed E-state index contributed by atoms with van der Waals surface area (Å²) in [7, 11) is -2.10. The SMILES string of the molecule is CCCCCC(CCCCS(=O)(=O)O)OC.[H-].[K+]. The van der Waals surface area contributed by atoms with E-state index in [1.54, 1.807) is 7.11 Å². The van der Waals surface area contributed by atoms with Gasteiger partial charge in [-0.1, -0.05) is 26.2 Å². The van der Waals surface area contributed by atoms with Crippen LogP contribution in [-0.4, -0.2) is 31.9 Å². The van der Waals surface area contributed by atoms with E-state index in [1.165, 1.54) is 12.8 Å². The Kier molecular flexibility index (Phi) is 15.3. The van der Waals surface area contributed by atoms with Crippen LogP contribution >= 0.6 is 0 Å². The van der Waals surface area contributed by atoms with E-state index in [0.717, 1.165) is 25.7 Å². The molecule has 0 aliphatic rings. The monoisotopic (exact) mass is 292 g/mol. The van der Waals surface area contributed by atoms with Crippen LogP contribution in [0.25, 0.3) is 0 Å². The quantitative estimate of drug-likeness (QED) is 0.343. The second-order valence-electron chi connectivity index (χ2n) is 4.14. The van der Waals surface area contributed by atoms with E-state index < -0.39 is 10.1 Å². The number of unbranched alkanes of at least 4 members (excludes halogenated alkanes) is 3. The molecule has 0 radical (unpaired) electrons. The molecule has 0 aliphatic heterocycles. The molecule has 0 fully saturated rings. The molecular weight excluding hydrogens is 267 g/mol. The van der Waals surface area contributed by atoms with Crippen LogP contribution in [0.1, 0.15) is 53.3 Å². The molecule has 1 atom stereocenters. The van der Waals surface area contributed by atoms with Crippen molar-refractivity contribution in [3.63, 3.8) is 0 Å². The summed E-state index contributed by atoms with van der Waals surface area (Å²) in [5.74, 6) is -0.140. The Labute approximate surface area is 150 Å². The number of hydrogen-bond donors (Lipinski definition) is 1. The number of ether oxygens (including phenoxy) is 1. The minimum Gasteiger partial charge on any atom is -1.00 e. The predicted molar refractivity (Wildman–Crippen MR) is 66.3 cm³/mol. The van der Waals surface area contributed by atoms with Gasteiger partial charge in [0, 0.05) is 7.11 Å². The standard InChI is InChI=1S/C11H24O4S.K.H/c1-3-4-5-8-11(15-2)9-6-7-10-16(12,13)14;;/h11H,3-10H2,1-2H3,(H,12,13,14);;/q;+1;-1. The Morgan fingerprint density at radius 1 is 1.18 bits per heavy atom. The van der Waals surface area contributed by atoms with Crippen molar-refractivity contribution >= 4 is 10.1 Å². The fourth-order valence-corrected chi connectivity index (χ4v) is 2.23. The summed E-state index contributed by atoms with van der Waals surface area (Å²) in [5.41, 5.74) is 0. The second kappa shape index (κ2) is 12.5. The second-order valence-corrected chi connectivity index (χ2v) is 5.71. The van der Waals surface area contributed by atoms with Crippen LogP contribution in [0.4, 0.5) is 0 Å². The third kappa shape index (κ3) is 15.4. The molecule has 0 aromatic rings. The normalized spacial score (nSPS) is 13.1. The molecule has 0 aliphatic carbocycles. The van der Waals surface area contributed by atoms with E-state index >= 15 is 0 Å². The number of hydrogen-bond acceptors (Lipinski definition) is 3. The third-order valence-electron chi connectivity index (χ3n) is 2.64. The van der Waals surface area contributed by atoms with Gasteiger partial charge < -0.3 is 6.16 Å². The summed E-state index contributed by atoms with van der Waals surface area (Å²) < 4.78 is 34.8. The van der Waals surface area contributed by atoms with E-state index in [0.29, 0.717) is 6.42 Å². The molecule has 17 heavy (non-hydrogen) atoms. The van der Waals surface area contributed by atoms with Gasteiger partial charge in [-0.05, 0) is 25.7 Å². The summed E-state index contributed by atoms with van der Waals surface area (Å²) in [4.78, 5) is 0. The van der Waals surface area contributed by atoms with Crippen LogP contribution in [0, 0.1) is 0 Å².